The van der Waals surface area contributed by atoms with Gasteiger partial charge in [0.15, 0.2) is 5.76 Å². The Balaban J connectivity index is 1.89. The summed E-state index contributed by atoms with van der Waals surface area (Å²) in [6.07, 6.45) is 2.37. The van der Waals surface area contributed by atoms with Crippen LogP contribution in [0.4, 0.5) is 0 Å². The number of ether oxygens (including phenoxy) is 1. The van der Waals surface area contributed by atoms with Crippen LogP contribution in [0.3, 0.4) is 0 Å². The zero-order valence-corrected chi connectivity index (χ0v) is 18.2. The van der Waals surface area contributed by atoms with E-state index in [0.29, 0.717) is 29.9 Å². The number of phenolic OH excluding ortho intramolecular Hbond substituents is 1. The van der Waals surface area contributed by atoms with E-state index in [-0.39, 0.29) is 29.3 Å². The molecule has 4 rings (SSSR count). The Bertz CT molecular complexity index is 1230. The van der Waals surface area contributed by atoms with Gasteiger partial charge in [0.05, 0.1) is 17.3 Å². The summed E-state index contributed by atoms with van der Waals surface area (Å²) in [5.74, 6) is -1.68. The zero-order valence-electron chi connectivity index (χ0n) is 18.2. The summed E-state index contributed by atoms with van der Waals surface area (Å²) < 4.78 is 6.94. The van der Waals surface area contributed by atoms with Gasteiger partial charge in [-0.1, -0.05) is 18.2 Å². The number of nitrogens with zero attached hydrogens (tertiary/aromatic N) is 3. The number of carbonyl (C=O) groups is 2. The average molecular weight is 435 g/mol. The number of aromatic hydroxyl groups is 1. The molecule has 2 aromatic heterocycles. The van der Waals surface area contributed by atoms with Gasteiger partial charge in [-0.05, 0) is 49.6 Å². The molecule has 1 aliphatic rings. The smallest absolute Gasteiger partial charge is 0.295 e. The topological polar surface area (TPSA) is 104 Å². The number of amides is 1. The maximum absolute atomic E-state index is 13.1. The summed E-state index contributed by atoms with van der Waals surface area (Å²) in [7, 11) is 1.57. The second-order valence-electron chi connectivity index (χ2n) is 7.86. The molecular weight excluding hydrogens is 410 g/mol. The SMILES string of the molecule is COCCCN1C(=O)C(=O)/C(=C(/O)c2nc3c(C)cccn3c2C)C1c1ccc(O)cc1. The first-order chi connectivity index (χ1) is 15.3. The van der Waals surface area contributed by atoms with Gasteiger partial charge in [-0.25, -0.2) is 4.98 Å². The van der Waals surface area contributed by atoms with Gasteiger partial charge in [0.1, 0.15) is 17.1 Å². The molecule has 0 bridgehead atoms. The van der Waals surface area contributed by atoms with Gasteiger partial charge in [-0.15, -0.1) is 0 Å². The number of phenols is 1. The largest absolute Gasteiger partial charge is 0.508 e. The summed E-state index contributed by atoms with van der Waals surface area (Å²) in [5, 5.41) is 21.0. The molecule has 1 saturated heterocycles. The number of hydrogen-bond acceptors (Lipinski definition) is 6. The number of imidazole rings is 1. The standard InChI is InChI=1S/C24H25N3O5/c1-14-6-4-11-26-15(2)19(25-23(14)26)21(29)18-20(16-7-9-17(28)10-8-16)27(12-5-13-32-3)24(31)22(18)30/h4,6-11,20,28-29H,5,12-13H2,1-3H3/b21-18+. The number of methoxy groups -OCH3 is 1. The number of benzene rings is 1. The molecule has 1 aromatic carbocycles. The number of ketones is 1. The molecule has 2 N–H and O–H groups in total. The van der Waals surface area contributed by atoms with Crippen molar-refractivity contribution in [3.8, 4) is 5.75 Å². The number of hydrogen-bond donors (Lipinski definition) is 2. The Kier molecular flexibility index (Phi) is 5.71. The van der Waals surface area contributed by atoms with Crippen molar-refractivity contribution >= 4 is 23.1 Å². The first kappa shape index (κ1) is 21.6. The number of aliphatic hydroxyl groups is 1. The molecule has 0 saturated carbocycles. The molecule has 1 atom stereocenters. The molecule has 0 radical (unpaired) electrons. The second-order valence-corrected chi connectivity index (χ2v) is 7.86. The van der Waals surface area contributed by atoms with Crippen LogP contribution in [-0.2, 0) is 14.3 Å². The average Bonchev–Trinajstić information content (AvgIpc) is 3.25. The van der Waals surface area contributed by atoms with Crippen molar-refractivity contribution in [2.24, 2.45) is 0 Å². The molecule has 0 spiro atoms. The summed E-state index contributed by atoms with van der Waals surface area (Å²) >= 11 is 0. The number of rotatable bonds is 6. The number of fused-ring (bicyclic) bond motifs is 1. The van der Waals surface area contributed by atoms with Crippen LogP contribution in [0.15, 0.2) is 48.2 Å². The molecule has 32 heavy (non-hydrogen) atoms. The Morgan fingerprint density at radius 3 is 2.53 bits per heavy atom. The predicted octanol–water partition coefficient (Wildman–Crippen LogP) is 3.11. The summed E-state index contributed by atoms with van der Waals surface area (Å²) in [4.78, 5) is 32.0. The Morgan fingerprint density at radius 1 is 1.16 bits per heavy atom. The summed E-state index contributed by atoms with van der Waals surface area (Å²) in [6, 6.07) is 9.27. The van der Waals surface area contributed by atoms with Crippen molar-refractivity contribution in [2.45, 2.75) is 26.3 Å². The molecule has 1 unspecified atom stereocenters. The van der Waals surface area contributed by atoms with Gasteiger partial charge in [0.25, 0.3) is 11.7 Å². The maximum Gasteiger partial charge on any atom is 0.295 e. The van der Waals surface area contributed by atoms with E-state index in [9.17, 15) is 19.8 Å². The van der Waals surface area contributed by atoms with Crippen LogP contribution in [0.1, 0.15) is 35.0 Å². The third-order valence-corrected chi connectivity index (χ3v) is 5.80. The van der Waals surface area contributed by atoms with E-state index in [1.807, 2.05) is 29.7 Å². The second kappa shape index (κ2) is 8.47. The molecule has 1 amide bonds. The predicted molar refractivity (Wildman–Crippen MR) is 118 cm³/mol. The summed E-state index contributed by atoms with van der Waals surface area (Å²) in [5.41, 5.74) is 3.11. The first-order valence-corrected chi connectivity index (χ1v) is 10.4. The van der Waals surface area contributed by atoms with E-state index < -0.39 is 17.7 Å². The van der Waals surface area contributed by atoms with Crippen LogP contribution >= 0.6 is 0 Å². The molecule has 3 aromatic rings. The van der Waals surface area contributed by atoms with Crippen LogP contribution in [-0.4, -0.2) is 56.4 Å². The van der Waals surface area contributed by atoms with Crippen LogP contribution in [0.25, 0.3) is 11.4 Å². The quantitative estimate of drug-likeness (QED) is 0.267. The lowest BCUT2D eigenvalue weighted by Gasteiger charge is -2.25. The van der Waals surface area contributed by atoms with Crippen molar-refractivity contribution in [1.82, 2.24) is 14.3 Å². The number of aromatic nitrogens is 2. The van der Waals surface area contributed by atoms with E-state index in [0.717, 1.165) is 5.56 Å². The van der Waals surface area contributed by atoms with Crippen LogP contribution in [0.5, 0.6) is 5.75 Å². The number of aliphatic hydroxyl groups excluding tert-OH is 1. The number of pyridine rings is 1. The number of carbonyl (C=O) groups excluding carboxylic acids is 2. The van der Waals surface area contributed by atoms with E-state index >= 15 is 0 Å². The zero-order chi connectivity index (χ0) is 23.0. The third-order valence-electron chi connectivity index (χ3n) is 5.80. The highest BCUT2D eigenvalue weighted by Gasteiger charge is 2.46. The van der Waals surface area contributed by atoms with Crippen molar-refractivity contribution in [1.29, 1.82) is 0 Å². The van der Waals surface area contributed by atoms with E-state index in [1.54, 1.807) is 26.2 Å². The minimum Gasteiger partial charge on any atom is -0.508 e. The van der Waals surface area contributed by atoms with Crippen LogP contribution < -0.4 is 0 Å². The lowest BCUT2D eigenvalue weighted by molar-refractivity contribution is -0.140. The van der Waals surface area contributed by atoms with Crippen LogP contribution in [0, 0.1) is 13.8 Å². The lowest BCUT2D eigenvalue weighted by atomic mass is 9.96. The van der Waals surface area contributed by atoms with E-state index in [2.05, 4.69) is 4.98 Å². The number of likely N-dealkylation sites (tertiary alicyclic amines) is 1. The fraction of sp³-hybridized carbons (Fsp3) is 0.292. The number of aryl methyl sites for hydroxylation is 2. The molecule has 8 nitrogen and oxygen atoms in total. The normalized spacial score (nSPS) is 18.1. The molecule has 3 heterocycles. The third kappa shape index (κ3) is 3.52. The van der Waals surface area contributed by atoms with Gasteiger partial charge in [0.2, 0.25) is 0 Å². The van der Waals surface area contributed by atoms with Crippen molar-refractivity contribution < 1.29 is 24.5 Å². The van der Waals surface area contributed by atoms with Gasteiger partial charge >= 0.3 is 0 Å². The highest BCUT2D eigenvalue weighted by molar-refractivity contribution is 6.46. The maximum atomic E-state index is 13.1. The number of Topliss-reactive ketones (excluding diaryl/α,β-unsaturated/α-hetero) is 1. The fourth-order valence-electron chi connectivity index (χ4n) is 4.17. The highest BCUT2D eigenvalue weighted by atomic mass is 16.5. The van der Waals surface area contributed by atoms with Gasteiger partial charge in [-0.2, -0.15) is 0 Å². The minimum atomic E-state index is -0.794. The first-order valence-electron chi connectivity index (χ1n) is 10.4. The monoisotopic (exact) mass is 435 g/mol. The molecular formula is C24H25N3O5. The molecule has 1 aliphatic heterocycles. The Morgan fingerprint density at radius 2 is 1.88 bits per heavy atom. The molecule has 1 fully saturated rings. The van der Waals surface area contributed by atoms with E-state index in [1.165, 1.54) is 17.0 Å². The molecule has 8 heteroatoms. The van der Waals surface area contributed by atoms with Gasteiger partial charge in [0, 0.05) is 26.5 Å². The van der Waals surface area contributed by atoms with Crippen molar-refractivity contribution in [2.75, 3.05) is 20.3 Å². The fourth-order valence-corrected chi connectivity index (χ4v) is 4.17. The lowest BCUT2D eigenvalue weighted by Crippen LogP contribution is -2.31. The van der Waals surface area contributed by atoms with Gasteiger partial charge < -0.3 is 24.3 Å². The van der Waals surface area contributed by atoms with Crippen molar-refractivity contribution in [3.05, 3.63) is 70.7 Å². The minimum absolute atomic E-state index is 0.0118. The van der Waals surface area contributed by atoms with Crippen LogP contribution in [0.2, 0.25) is 0 Å². The van der Waals surface area contributed by atoms with Gasteiger partial charge in [-0.3, -0.25) is 9.59 Å². The Labute approximate surface area is 185 Å². The Hall–Kier alpha value is -3.65. The molecule has 0 aliphatic carbocycles. The van der Waals surface area contributed by atoms with Crippen molar-refractivity contribution in [3.63, 3.8) is 0 Å². The molecule has 166 valence electrons. The highest BCUT2D eigenvalue weighted by Crippen LogP contribution is 2.40. The summed E-state index contributed by atoms with van der Waals surface area (Å²) in [6.45, 7) is 4.43. The van der Waals surface area contributed by atoms with E-state index in [4.69, 9.17) is 4.74 Å².